The maximum atomic E-state index is 5.27. The molecule has 0 amide bonds. The summed E-state index contributed by atoms with van der Waals surface area (Å²) >= 11 is 3.08. The smallest absolute Gasteiger partial charge is 0.237 e. The second kappa shape index (κ2) is 8.44. The molecular weight excluding hydrogens is 354 g/mol. The maximum Gasteiger partial charge on any atom is 0.237 e. The van der Waals surface area contributed by atoms with Gasteiger partial charge in [0, 0.05) is 12.1 Å². The van der Waals surface area contributed by atoms with Crippen LogP contribution in [0.4, 0.5) is 10.8 Å². The summed E-state index contributed by atoms with van der Waals surface area (Å²) in [6, 6.07) is 6.18. The molecule has 2 aromatic heterocycles. The normalized spacial score (nSPS) is 11.0. The highest BCUT2D eigenvalue weighted by Crippen LogP contribution is 2.30. The lowest BCUT2D eigenvalue weighted by Crippen LogP contribution is -1.94. The van der Waals surface area contributed by atoms with Gasteiger partial charge in [-0.05, 0) is 37.5 Å². The first kappa shape index (κ1) is 17.9. The molecule has 3 aromatic rings. The quantitative estimate of drug-likeness (QED) is 0.560. The second-order valence-corrected chi connectivity index (χ2v) is 7.94. The van der Waals surface area contributed by atoms with Gasteiger partial charge in [-0.2, -0.15) is 4.98 Å². The highest BCUT2D eigenvalue weighted by atomic mass is 32.2. The summed E-state index contributed by atoms with van der Waals surface area (Å²) in [5.74, 6) is 2.03. The summed E-state index contributed by atoms with van der Waals surface area (Å²) < 4.78 is 6.15. The molecular formula is C17H21N5OS2. The molecule has 0 saturated heterocycles. The number of nitrogens with zero attached hydrogens (tertiary/aromatic N) is 4. The zero-order valence-corrected chi connectivity index (χ0v) is 16.2. The van der Waals surface area contributed by atoms with E-state index < -0.39 is 0 Å². The molecule has 132 valence electrons. The Kier molecular flexibility index (Phi) is 6.04. The molecule has 2 heterocycles. The Morgan fingerprint density at radius 2 is 2.12 bits per heavy atom. The number of nitrogens with one attached hydrogen (secondary N) is 1. The number of unbranched alkanes of at least 4 members (excludes halogenated alkanes) is 1. The molecule has 0 spiro atoms. The van der Waals surface area contributed by atoms with Crippen LogP contribution in [0.3, 0.4) is 0 Å². The van der Waals surface area contributed by atoms with Crippen LogP contribution >= 0.6 is 23.1 Å². The predicted octanol–water partition coefficient (Wildman–Crippen LogP) is 4.92. The summed E-state index contributed by atoms with van der Waals surface area (Å²) in [6.45, 7) is 6.34. The average molecular weight is 376 g/mol. The molecule has 0 radical (unpaired) electrons. The first-order chi connectivity index (χ1) is 12.2. The van der Waals surface area contributed by atoms with Crippen molar-refractivity contribution in [1.82, 2.24) is 20.3 Å². The van der Waals surface area contributed by atoms with Crippen LogP contribution in [0.25, 0.3) is 0 Å². The van der Waals surface area contributed by atoms with Gasteiger partial charge in [0.15, 0.2) is 10.2 Å². The molecule has 1 N–H and O–H groups in total. The molecule has 1 aromatic carbocycles. The van der Waals surface area contributed by atoms with Crippen LogP contribution in [0.2, 0.25) is 0 Å². The minimum Gasteiger partial charge on any atom is -0.338 e. The molecule has 0 atom stereocenters. The topological polar surface area (TPSA) is 76.7 Å². The third kappa shape index (κ3) is 4.79. The van der Waals surface area contributed by atoms with E-state index in [4.69, 9.17) is 4.52 Å². The van der Waals surface area contributed by atoms with Crippen molar-refractivity contribution in [2.75, 3.05) is 5.32 Å². The number of anilines is 2. The number of thioether (sulfide) groups is 1. The van der Waals surface area contributed by atoms with E-state index in [2.05, 4.69) is 52.5 Å². The van der Waals surface area contributed by atoms with E-state index >= 15 is 0 Å². The number of hydrogen-bond acceptors (Lipinski definition) is 8. The highest BCUT2D eigenvalue weighted by molar-refractivity contribution is 8.00. The molecule has 0 saturated carbocycles. The molecule has 0 fully saturated rings. The highest BCUT2D eigenvalue weighted by Gasteiger charge is 2.11. The van der Waals surface area contributed by atoms with Gasteiger partial charge in [0.05, 0.1) is 5.75 Å². The molecule has 3 rings (SSSR count). The van der Waals surface area contributed by atoms with Crippen molar-refractivity contribution in [3.05, 3.63) is 41.0 Å². The van der Waals surface area contributed by atoms with Gasteiger partial charge < -0.3 is 9.84 Å². The van der Waals surface area contributed by atoms with E-state index in [1.165, 1.54) is 22.5 Å². The SMILES string of the molecule is CCCCc1noc(CSc2nnc(Nc3cccc(C)c3C)s2)n1. The number of rotatable bonds is 8. The van der Waals surface area contributed by atoms with E-state index in [0.29, 0.717) is 11.6 Å². The molecule has 25 heavy (non-hydrogen) atoms. The Morgan fingerprint density at radius 3 is 2.96 bits per heavy atom. The van der Waals surface area contributed by atoms with Crippen LogP contribution in [0.1, 0.15) is 42.6 Å². The fourth-order valence-corrected chi connectivity index (χ4v) is 3.83. The average Bonchev–Trinajstić information content (AvgIpc) is 3.24. The van der Waals surface area contributed by atoms with Crippen molar-refractivity contribution in [3.8, 4) is 0 Å². The predicted molar refractivity (Wildman–Crippen MR) is 102 cm³/mol. The first-order valence-electron chi connectivity index (χ1n) is 8.26. The van der Waals surface area contributed by atoms with Crippen LogP contribution in [0, 0.1) is 13.8 Å². The van der Waals surface area contributed by atoms with Gasteiger partial charge in [-0.15, -0.1) is 10.2 Å². The zero-order chi connectivity index (χ0) is 17.6. The van der Waals surface area contributed by atoms with Gasteiger partial charge >= 0.3 is 0 Å². The molecule has 0 unspecified atom stereocenters. The van der Waals surface area contributed by atoms with E-state index in [-0.39, 0.29) is 0 Å². The summed E-state index contributed by atoms with van der Waals surface area (Å²) in [5.41, 5.74) is 3.53. The Morgan fingerprint density at radius 1 is 1.24 bits per heavy atom. The number of benzene rings is 1. The molecule has 0 aliphatic rings. The van der Waals surface area contributed by atoms with E-state index in [0.717, 1.165) is 40.2 Å². The van der Waals surface area contributed by atoms with Crippen LogP contribution in [0.5, 0.6) is 0 Å². The van der Waals surface area contributed by atoms with Crippen molar-refractivity contribution in [2.45, 2.75) is 50.1 Å². The molecule has 0 bridgehead atoms. The van der Waals surface area contributed by atoms with Crippen LogP contribution in [0.15, 0.2) is 27.1 Å². The van der Waals surface area contributed by atoms with E-state index in [1.54, 1.807) is 11.8 Å². The van der Waals surface area contributed by atoms with Crippen molar-refractivity contribution >= 4 is 33.9 Å². The van der Waals surface area contributed by atoms with Gasteiger partial charge in [-0.1, -0.05) is 53.7 Å². The Labute approximate surface area is 155 Å². The van der Waals surface area contributed by atoms with Gasteiger partial charge in [0.2, 0.25) is 11.0 Å². The van der Waals surface area contributed by atoms with Crippen molar-refractivity contribution < 1.29 is 4.52 Å². The number of hydrogen-bond donors (Lipinski definition) is 1. The second-order valence-electron chi connectivity index (χ2n) is 5.74. The minimum absolute atomic E-state index is 0.608. The summed E-state index contributed by atoms with van der Waals surface area (Å²) in [4.78, 5) is 4.40. The Balaban J connectivity index is 1.56. The lowest BCUT2D eigenvalue weighted by Gasteiger charge is -2.08. The van der Waals surface area contributed by atoms with Crippen molar-refractivity contribution in [3.63, 3.8) is 0 Å². The third-order valence-corrected chi connectivity index (χ3v) is 5.79. The lowest BCUT2D eigenvalue weighted by molar-refractivity contribution is 0.384. The van der Waals surface area contributed by atoms with Gasteiger partial charge in [0.25, 0.3) is 0 Å². The van der Waals surface area contributed by atoms with Gasteiger partial charge in [-0.25, -0.2) is 0 Å². The first-order valence-corrected chi connectivity index (χ1v) is 10.1. The van der Waals surface area contributed by atoms with Gasteiger partial charge in [0.1, 0.15) is 0 Å². The lowest BCUT2D eigenvalue weighted by atomic mass is 10.1. The molecule has 0 aliphatic carbocycles. The van der Waals surface area contributed by atoms with Crippen LogP contribution < -0.4 is 5.32 Å². The molecule has 0 aliphatic heterocycles. The number of aryl methyl sites for hydroxylation is 2. The van der Waals surface area contributed by atoms with E-state index in [1.807, 2.05) is 12.1 Å². The Bertz CT molecular complexity index is 830. The summed E-state index contributed by atoms with van der Waals surface area (Å²) in [7, 11) is 0. The van der Waals surface area contributed by atoms with E-state index in [9.17, 15) is 0 Å². The standard InChI is InChI=1S/C17H21N5OS2/c1-4-5-9-14-19-15(23-22-14)10-24-17-21-20-16(25-17)18-13-8-6-7-11(2)12(13)3/h6-8H,4-5,9-10H2,1-3H3,(H,18,20). The van der Waals surface area contributed by atoms with Crippen LogP contribution in [-0.4, -0.2) is 20.3 Å². The Hall–Kier alpha value is -1.93. The third-order valence-electron chi connectivity index (χ3n) is 3.84. The molecule has 6 nitrogen and oxygen atoms in total. The maximum absolute atomic E-state index is 5.27. The largest absolute Gasteiger partial charge is 0.338 e. The summed E-state index contributed by atoms with van der Waals surface area (Å²) in [6.07, 6.45) is 3.07. The molecule has 8 heteroatoms. The van der Waals surface area contributed by atoms with Gasteiger partial charge in [-0.3, -0.25) is 0 Å². The fourth-order valence-electron chi connectivity index (χ4n) is 2.23. The fraction of sp³-hybridized carbons (Fsp3) is 0.412. The zero-order valence-electron chi connectivity index (χ0n) is 14.6. The number of aromatic nitrogens is 4. The van der Waals surface area contributed by atoms with Crippen molar-refractivity contribution in [1.29, 1.82) is 0 Å². The monoisotopic (exact) mass is 375 g/mol. The minimum atomic E-state index is 0.608. The van der Waals surface area contributed by atoms with Crippen LogP contribution in [-0.2, 0) is 12.2 Å². The van der Waals surface area contributed by atoms with Crippen molar-refractivity contribution in [2.24, 2.45) is 0 Å². The summed E-state index contributed by atoms with van der Waals surface area (Å²) in [5, 5.41) is 16.5.